The van der Waals surface area contributed by atoms with Crippen molar-refractivity contribution in [3.63, 3.8) is 0 Å². The topological polar surface area (TPSA) is 139 Å². The number of aromatic nitrogens is 3. The van der Waals surface area contributed by atoms with E-state index in [-0.39, 0.29) is 23.8 Å². The number of urea groups is 2. The Bertz CT molecular complexity index is 1230. The first-order chi connectivity index (χ1) is 16.6. The molecule has 0 aliphatic carbocycles. The van der Waals surface area contributed by atoms with Gasteiger partial charge in [-0.25, -0.2) is 19.1 Å². The van der Waals surface area contributed by atoms with Gasteiger partial charge in [0.1, 0.15) is 0 Å². The Morgan fingerprint density at radius 2 is 1.97 bits per heavy atom. The highest BCUT2D eigenvalue weighted by Crippen LogP contribution is 2.30. The molecule has 0 atom stereocenters. The van der Waals surface area contributed by atoms with Gasteiger partial charge >= 0.3 is 12.1 Å². The number of nitrogens with two attached hydrogens (primary N) is 1. The van der Waals surface area contributed by atoms with E-state index in [1.165, 1.54) is 0 Å². The number of hydrogen-bond acceptors (Lipinski definition) is 6. The number of carbonyl (C=O) groups is 2. The van der Waals surface area contributed by atoms with Crippen LogP contribution in [0, 0.1) is 6.92 Å². The second kappa shape index (κ2) is 9.88. The van der Waals surface area contributed by atoms with E-state index in [4.69, 9.17) is 10.5 Å². The summed E-state index contributed by atoms with van der Waals surface area (Å²) in [5, 5.41) is 13.1. The minimum absolute atomic E-state index is 0.0484. The molecule has 1 aromatic carbocycles. The SMILES string of the molecule is Cc1c(NC(=O)N2CC(OC(C)(C)C)C2)cccc1-c1cc(NC(=O)NCCN)c2nccn2n1. The van der Waals surface area contributed by atoms with Gasteiger partial charge < -0.3 is 31.3 Å². The molecule has 1 saturated heterocycles. The number of benzene rings is 1. The summed E-state index contributed by atoms with van der Waals surface area (Å²) >= 11 is 0. The first-order valence-corrected chi connectivity index (χ1v) is 11.6. The summed E-state index contributed by atoms with van der Waals surface area (Å²) in [5.41, 5.74) is 9.25. The van der Waals surface area contributed by atoms with Crippen LogP contribution >= 0.6 is 0 Å². The van der Waals surface area contributed by atoms with E-state index in [2.05, 4.69) is 26.0 Å². The van der Waals surface area contributed by atoms with E-state index in [0.29, 0.717) is 48.9 Å². The number of nitrogens with zero attached hydrogens (tertiary/aromatic N) is 4. The molecule has 4 rings (SSSR count). The molecule has 2 aromatic heterocycles. The van der Waals surface area contributed by atoms with Crippen LogP contribution in [0.15, 0.2) is 36.7 Å². The average Bonchev–Trinajstić information content (AvgIpc) is 3.24. The van der Waals surface area contributed by atoms with Crippen molar-refractivity contribution < 1.29 is 14.3 Å². The zero-order valence-corrected chi connectivity index (χ0v) is 20.5. The molecule has 0 unspecified atom stereocenters. The van der Waals surface area contributed by atoms with Crippen molar-refractivity contribution in [3.05, 3.63) is 42.2 Å². The van der Waals surface area contributed by atoms with E-state index < -0.39 is 0 Å². The summed E-state index contributed by atoms with van der Waals surface area (Å²) in [5.74, 6) is 0. The molecule has 3 aromatic rings. The van der Waals surface area contributed by atoms with Gasteiger partial charge in [-0.3, -0.25) is 0 Å². The van der Waals surface area contributed by atoms with E-state index in [1.54, 1.807) is 27.9 Å². The predicted molar refractivity (Wildman–Crippen MR) is 134 cm³/mol. The Balaban J connectivity index is 1.53. The van der Waals surface area contributed by atoms with E-state index >= 15 is 0 Å². The van der Waals surface area contributed by atoms with Gasteiger partial charge in [0.15, 0.2) is 5.65 Å². The monoisotopic (exact) mass is 480 g/mol. The fourth-order valence-electron chi connectivity index (χ4n) is 3.91. The number of likely N-dealkylation sites (tertiary alicyclic amines) is 1. The zero-order chi connectivity index (χ0) is 25.2. The third kappa shape index (κ3) is 5.69. The van der Waals surface area contributed by atoms with Crippen LogP contribution in [0.1, 0.15) is 26.3 Å². The van der Waals surface area contributed by atoms with Crippen LogP contribution in [0.5, 0.6) is 0 Å². The molecular weight excluding hydrogens is 448 g/mol. The van der Waals surface area contributed by atoms with Crippen molar-refractivity contribution in [2.45, 2.75) is 39.4 Å². The zero-order valence-electron chi connectivity index (χ0n) is 20.5. The molecule has 0 radical (unpaired) electrons. The quantitative estimate of drug-likeness (QED) is 0.428. The van der Waals surface area contributed by atoms with Crippen molar-refractivity contribution in [1.29, 1.82) is 0 Å². The van der Waals surface area contributed by atoms with Gasteiger partial charge in [0, 0.05) is 36.7 Å². The van der Waals surface area contributed by atoms with Crippen LogP contribution in [0.4, 0.5) is 21.0 Å². The molecule has 11 heteroatoms. The molecule has 186 valence electrons. The van der Waals surface area contributed by atoms with Crippen LogP contribution in [0.2, 0.25) is 0 Å². The number of amides is 4. The molecule has 35 heavy (non-hydrogen) atoms. The molecule has 1 aliphatic rings. The molecule has 1 fully saturated rings. The van der Waals surface area contributed by atoms with Crippen molar-refractivity contribution >= 4 is 29.1 Å². The number of nitrogens with one attached hydrogen (secondary N) is 3. The van der Waals surface area contributed by atoms with Gasteiger partial charge in [0.25, 0.3) is 0 Å². The van der Waals surface area contributed by atoms with Crippen LogP contribution in [0.25, 0.3) is 16.9 Å². The Labute approximate surface area is 204 Å². The second-order valence-electron chi connectivity index (χ2n) is 9.47. The molecule has 3 heterocycles. The van der Waals surface area contributed by atoms with Gasteiger partial charge in [-0.05, 0) is 45.4 Å². The summed E-state index contributed by atoms with van der Waals surface area (Å²) in [4.78, 5) is 31.0. The van der Waals surface area contributed by atoms with Crippen LogP contribution in [-0.4, -0.2) is 69.4 Å². The molecule has 11 nitrogen and oxygen atoms in total. The van der Waals surface area contributed by atoms with Crippen molar-refractivity contribution in [1.82, 2.24) is 24.8 Å². The first kappa shape index (κ1) is 24.4. The first-order valence-electron chi connectivity index (χ1n) is 11.6. The normalized spacial score (nSPS) is 14.0. The van der Waals surface area contributed by atoms with Crippen molar-refractivity contribution in [2.24, 2.45) is 5.73 Å². The van der Waals surface area contributed by atoms with Gasteiger partial charge in [0.05, 0.1) is 36.2 Å². The molecule has 0 bridgehead atoms. The fraction of sp³-hybridized carbons (Fsp3) is 0.417. The molecule has 0 spiro atoms. The maximum Gasteiger partial charge on any atom is 0.322 e. The molecule has 1 aliphatic heterocycles. The fourth-order valence-corrected chi connectivity index (χ4v) is 3.91. The number of carbonyl (C=O) groups excluding carboxylic acids is 2. The predicted octanol–water partition coefficient (Wildman–Crippen LogP) is 2.82. The van der Waals surface area contributed by atoms with E-state index in [0.717, 1.165) is 11.1 Å². The second-order valence-corrected chi connectivity index (χ2v) is 9.47. The Hall–Kier alpha value is -3.70. The third-order valence-electron chi connectivity index (χ3n) is 5.54. The number of anilines is 2. The number of hydrogen-bond donors (Lipinski definition) is 4. The minimum atomic E-state index is -0.376. The van der Waals surface area contributed by atoms with Crippen LogP contribution in [-0.2, 0) is 4.74 Å². The lowest BCUT2D eigenvalue weighted by atomic mass is 10.0. The van der Waals surface area contributed by atoms with Gasteiger partial charge in [0.2, 0.25) is 0 Å². The summed E-state index contributed by atoms with van der Waals surface area (Å²) in [6, 6.07) is 6.86. The summed E-state index contributed by atoms with van der Waals surface area (Å²) in [6.45, 7) is 9.76. The number of imidazole rings is 1. The largest absolute Gasteiger partial charge is 0.369 e. The number of ether oxygens (including phenoxy) is 1. The molecular formula is C24H32N8O3. The van der Waals surface area contributed by atoms with E-state index in [9.17, 15) is 9.59 Å². The maximum atomic E-state index is 12.8. The Morgan fingerprint density at radius 1 is 1.20 bits per heavy atom. The number of rotatable bonds is 6. The van der Waals surface area contributed by atoms with Crippen molar-refractivity contribution in [3.8, 4) is 11.3 Å². The summed E-state index contributed by atoms with van der Waals surface area (Å²) in [6.07, 6.45) is 3.37. The standard InChI is InChI=1S/C24H32N8O3/c1-15-17(6-5-7-18(15)29-23(34)31-13-16(14-31)35-24(2,3)4)19-12-20(28-22(33)27-9-8-25)21-26-10-11-32(21)30-19/h5-7,10-12,16H,8-9,13-14,25H2,1-4H3,(H,29,34)(H2,27,28,33). The van der Waals surface area contributed by atoms with Gasteiger partial charge in [-0.1, -0.05) is 12.1 Å². The summed E-state index contributed by atoms with van der Waals surface area (Å²) in [7, 11) is 0. The molecule has 0 saturated carbocycles. The average molecular weight is 481 g/mol. The Morgan fingerprint density at radius 3 is 2.69 bits per heavy atom. The molecule has 5 N–H and O–H groups in total. The van der Waals surface area contributed by atoms with Crippen LogP contribution in [0.3, 0.4) is 0 Å². The third-order valence-corrected chi connectivity index (χ3v) is 5.54. The minimum Gasteiger partial charge on any atom is -0.369 e. The highest BCUT2D eigenvalue weighted by molar-refractivity contribution is 5.95. The smallest absolute Gasteiger partial charge is 0.322 e. The number of fused-ring (bicyclic) bond motifs is 1. The van der Waals surface area contributed by atoms with Gasteiger partial charge in [-0.15, -0.1) is 0 Å². The summed E-state index contributed by atoms with van der Waals surface area (Å²) < 4.78 is 7.52. The highest BCUT2D eigenvalue weighted by atomic mass is 16.5. The lowest BCUT2D eigenvalue weighted by molar-refractivity contribution is -0.110. The van der Waals surface area contributed by atoms with Crippen molar-refractivity contribution in [2.75, 3.05) is 36.8 Å². The highest BCUT2D eigenvalue weighted by Gasteiger charge is 2.34. The lowest BCUT2D eigenvalue weighted by Gasteiger charge is -2.41. The van der Waals surface area contributed by atoms with Gasteiger partial charge in [-0.2, -0.15) is 5.10 Å². The lowest BCUT2D eigenvalue weighted by Crippen LogP contribution is -2.57. The maximum absolute atomic E-state index is 12.8. The molecule has 4 amide bonds. The Kier molecular flexibility index (Phi) is 6.90. The van der Waals surface area contributed by atoms with Crippen LogP contribution < -0.4 is 21.7 Å². The van der Waals surface area contributed by atoms with E-state index in [1.807, 2.05) is 45.9 Å².